The molecule has 7 nitrogen and oxygen atoms in total. The summed E-state index contributed by atoms with van der Waals surface area (Å²) in [5.41, 5.74) is 0. The van der Waals surface area contributed by atoms with E-state index in [0.717, 1.165) is 0 Å². The van der Waals surface area contributed by atoms with Crippen LogP contribution in [0.3, 0.4) is 0 Å². The highest BCUT2D eigenvalue weighted by Gasteiger charge is 2.33. The van der Waals surface area contributed by atoms with Crippen molar-refractivity contribution in [2.24, 2.45) is 0 Å². The van der Waals surface area contributed by atoms with Crippen LogP contribution in [0.2, 0.25) is 0 Å². The molecule has 4 atom stereocenters. The first-order valence-electron chi connectivity index (χ1n) is 5.80. The van der Waals surface area contributed by atoms with Gasteiger partial charge in [0.2, 0.25) is 0 Å². The van der Waals surface area contributed by atoms with Gasteiger partial charge in [0.1, 0.15) is 18.2 Å². The number of aliphatic hydroxyl groups is 5. The first-order valence-corrected chi connectivity index (χ1v) is 2.80. The van der Waals surface area contributed by atoms with Crippen molar-refractivity contribution in [2.75, 3.05) is 6.56 Å². The molecule has 0 aromatic rings. The number of rotatable bonds is 5. The highest BCUT2D eigenvalue weighted by molar-refractivity contribution is 5.72. The lowest BCUT2D eigenvalue weighted by atomic mass is 10.0. The van der Waals surface area contributed by atoms with E-state index in [9.17, 15) is 20.1 Å². The number of hydrogen-bond acceptors (Lipinski definition) is 6. The SMILES string of the molecule is [2H]C([2H])(O)[C@@]([2H])(O)[C@]([2H])(O)[C@]([2H])(O)[C@@]([2H])(O)C(=O)O. The van der Waals surface area contributed by atoms with Crippen molar-refractivity contribution in [2.45, 2.75) is 24.3 Å². The molecule has 7 heteroatoms. The Bertz CT molecular complexity index is 373. The summed E-state index contributed by atoms with van der Waals surface area (Å²) in [4.78, 5) is 10.5. The Morgan fingerprint density at radius 3 is 2.08 bits per heavy atom. The fourth-order valence-corrected chi connectivity index (χ4v) is 0.379. The molecule has 0 radical (unpaired) electrons. The van der Waals surface area contributed by atoms with Crippen LogP contribution >= 0.6 is 0 Å². The van der Waals surface area contributed by atoms with Crippen LogP contribution in [-0.2, 0) is 4.79 Å². The predicted octanol–water partition coefficient (Wildman–Crippen LogP) is -3.49. The molecular weight excluding hydrogens is 184 g/mol. The van der Waals surface area contributed by atoms with Gasteiger partial charge in [-0.05, 0) is 0 Å². The van der Waals surface area contributed by atoms with Crippen molar-refractivity contribution in [3.8, 4) is 0 Å². The molecule has 0 unspecified atom stereocenters. The molecule has 0 spiro atoms. The summed E-state index contributed by atoms with van der Waals surface area (Å²) in [6.07, 6.45) is -17.7. The van der Waals surface area contributed by atoms with Crippen molar-refractivity contribution in [3.05, 3.63) is 0 Å². The average Bonchev–Trinajstić information content (AvgIpc) is 2.14. The Balaban J connectivity index is 5.99. The van der Waals surface area contributed by atoms with Crippen LogP contribution in [-0.4, -0.2) is 67.5 Å². The van der Waals surface area contributed by atoms with E-state index >= 15 is 0 Å². The molecule has 0 aromatic carbocycles. The Labute approximate surface area is 81.9 Å². The average molecular weight is 202 g/mol. The first-order chi connectivity index (χ1) is 7.94. The molecule has 0 aromatic heterocycles. The Morgan fingerprint density at radius 1 is 1.31 bits per heavy atom. The summed E-state index contributed by atoms with van der Waals surface area (Å²) in [6, 6.07) is 0. The second-order valence-corrected chi connectivity index (χ2v) is 1.81. The van der Waals surface area contributed by atoms with E-state index in [4.69, 9.17) is 23.5 Å². The predicted molar refractivity (Wildman–Crippen MR) is 38.7 cm³/mol. The highest BCUT2D eigenvalue weighted by atomic mass is 16.4. The van der Waals surface area contributed by atoms with Gasteiger partial charge in [-0.3, -0.25) is 0 Å². The zero-order valence-electron chi connectivity index (χ0n) is 12.1. The van der Waals surface area contributed by atoms with Crippen molar-refractivity contribution < 1.29 is 43.7 Å². The topological polar surface area (TPSA) is 138 Å². The summed E-state index contributed by atoms with van der Waals surface area (Å²) in [6.45, 7) is -4.09. The van der Waals surface area contributed by atoms with Gasteiger partial charge in [0.15, 0.2) is 6.08 Å². The van der Waals surface area contributed by atoms with Crippen LogP contribution in [0, 0.1) is 0 Å². The van der Waals surface area contributed by atoms with Crippen LogP contribution in [0.4, 0.5) is 0 Å². The van der Waals surface area contributed by atoms with Gasteiger partial charge < -0.3 is 30.6 Å². The molecule has 0 saturated heterocycles. The molecule has 0 bridgehead atoms. The fourth-order valence-electron chi connectivity index (χ4n) is 0.379. The smallest absolute Gasteiger partial charge is 0.335 e. The second-order valence-electron chi connectivity index (χ2n) is 1.81. The maximum atomic E-state index is 10.5. The summed E-state index contributed by atoms with van der Waals surface area (Å²) < 4.78 is 40.8. The van der Waals surface area contributed by atoms with Crippen molar-refractivity contribution in [1.29, 1.82) is 0 Å². The molecule has 13 heavy (non-hydrogen) atoms. The number of carboxylic acids is 1. The molecule has 6 N–H and O–H groups in total. The van der Waals surface area contributed by atoms with Crippen molar-refractivity contribution in [1.82, 2.24) is 0 Å². The third-order valence-electron chi connectivity index (χ3n) is 0.981. The standard InChI is InChI=1S/C6H12O7/c7-1-2(8)3(9)4(10)5(11)6(12)13/h2-5,7-11H,1H2,(H,12,13)/t2-,3+,4+,5-/m1/s1/i1D2,2D,3D,4D,5D. The summed E-state index contributed by atoms with van der Waals surface area (Å²) >= 11 is 0. The molecule has 0 aliphatic carbocycles. The highest BCUT2D eigenvalue weighted by Crippen LogP contribution is 2.04. The van der Waals surface area contributed by atoms with E-state index in [1.165, 1.54) is 0 Å². The monoisotopic (exact) mass is 202 g/mol. The minimum absolute atomic E-state index is 2.62. The maximum Gasteiger partial charge on any atom is 0.335 e. The van der Waals surface area contributed by atoms with Crippen LogP contribution < -0.4 is 0 Å². The van der Waals surface area contributed by atoms with Gasteiger partial charge in [-0.15, -0.1) is 0 Å². The minimum Gasteiger partial charge on any atom is -0.479 e. The van der Waals surface area contributed by atoms with E-state index in [-0.39, 0.29) is 0 Å². The third kappa shape index (κ3) is 3.25. The lowest BCUT2D eigenvalue weighted by Crippen LogP contribution is -2.48. The van der Waals surface area contributed by atoms with Gasteiger partial charge in [0.05, 0.1) is 14.8 Å². The van der Waals surface area contributed by atoms with E-state index in [1.54, 1.807) is 0 Å². The van der Waals surface area contributed by atoms with Crippen molar-refractivity contribution >= 4 is 5.97 Å². The molecule has 0 heterocycles. The molecular formula is C6H12O7. The molecule has 0 aliphatic heterocycles. The maximum absolute atomic E-state index is 10.5. The quantitative estimate of drug-likeness (QED) is 0.272. The number of carboxylic acid groups (broad SMARTS) is 1. The lowest BCUT2D eigenvalue weighted by Gasteiger charge is -2.23. The van der Waals surface area contributed by atoms with Gasteiger partial charge in [-0.1, -0.05) is 0 Å². The van der Waals surface area contributed by atoms with E-state index in [1.807, 2.05) is 0 Å². The molecule has 0 saturated carbocycles. The normalized spacial score (nSPS) is 37.9. The van der Waals surface area contributed by atoms with Gasteiger partial charge in [-0.25, -0.2) is 4.79 Å². The first kappa shape index (κ1) is 5.23. The fraction of sp³-hybridized carbons (Fsp3) is 0.833. The van der Waals surface area contributed by atoms with Crippen molar-refractivity contribution in [3.63, 3.8) is 0 Å². The molecule has 0 rings (SSSR count). The van der Waals surface area contributed by atoms with Gasteiger partial charge >= 0.3 is 5.97 Å². The van der Waals surface area contributed by atoms with Gasteiger partial charge in [0.25, 0.3) is 0 Å². The number of aliphatic carboxylic acids is 1. The van der Waals surface area contributed by atoms with E-state index in [0.29, 0.717) is 0 Å². The Morgan fingerprint density at radius 2 is 1.77 bits per heavy atom. The van der Waals surface area contributed by atoms with Gasteiger partial charge in [-0.2, -0.15) is 0 Å². The zero-order valence-corrected chi connectivity index (χ0v) is 6.09. The molecule has 0 amide bonds. The van der Waals surface area contributed by atoms with Gasteiger partial charge in [0, 0.05) is 0 Å². The van der Waals surface area contributed by atoms with Crippen LogP contribution in [0.25, 0.3) is 0 Å². The molecule has 0 aliphatic rings. The third-order valence-corrected chi connectivity index (χ3v) is 0.981. The Hall–Kier alpha value is -0.730. The van der Waals surface area contributed by atoms with E-state index < -0.39 is 36.8 Å². The summed E-state index contributed by atoms with van der Waals surface area (Å²) in [5, 5.41) is 54.0. The summed E-state index contributed by atoms with van der Waals surface area (Å²) in [5.74, 6) is -2.62. The lowest BCUT2D eigenvalue weighted by molar-refractivity contribution is -0.164. The van der Waals surface area contributed by atoms with Crippen LogP contribution in [0.15, 0.2) is 0 Å². The van der Waals surface area contributed by atoms with E-state index in [2.05, 4.69) is 0 Å². The van der Waals surface area contributed by atoms with Crippen LogP contribution in [0.1, 0.15) is 8.22 Å². The minimum atomic E-state index is -4.51. The largest absolute Gasteiger partial charge is 0.479 e. The number of carbonyl (C=O) groups is 1. The molecule has 78 valence electrons. The molecule has 0 fully saturated rings. The number of hydrogen-bond donors (Lipinski definition) is 6. The Kier molecular flexibility index (Phi) is 2.05. The summed E-state index contributed by atoms with van der Waals surface area (Å²) in [7, 11) is 0. The second kappa shape index (κ2) is 5.10. The zero-order chi connectivity index (χ0) is 16.1. The van der Waals surface area contributed by atoms with Crippen LogP contribution in [0.5, 0.6) is 0 Å².